The van der Waals surface area contributed by atoms with Gasteiger partial charge in [0.25, 0.3) is 0 Å². The average molecular weight is 493 g/mol. The van der Waals surface area contributed by atoms with Crippen molar-refractivity contribution >= 4 is 57.7 Å². The number of hydrogen-bond acceptors (Lipinski definition) is 4. The Kier molecular flexibility index (Phi) is 7.33. The van der Waals surface area contributed by atoms with Gasteiger partial charge in [-0.25, -0.2) is 0 Å². The third kappa shape index (κ3) is 5.69. The molecule has 31 heavy (non-hydrogen) atoms. The summed E-state index contributed by atoms with van der Waals surface area (Å²) in [6.07, 6.45) is 2.33. The molecule has 1 fully saturated rings. The topological polar surface area (TPSA) is 58.2 Å². The molecule has 8 heteroatoms. The summed E-state index contributed by atoms with van der Waals surface area (Å²) in [6, 6.07) is 13.5. The predicted octanol–water partition coefficient (Wildman–Crippen LogP) is 6.13. The molecule has 2 N–H and O–H groups in total. The normalized spacial score (nSPS) is 18.1. The zero-order valence-electron chi connectivity index (χ0n) is 16.7. The molecular formula is C23H22Cl2N2O2S2. The second-order valence-corrected chi connectivity index (χ2v) is 10.6. The fourth-order valence-electron chi connectivity index (χ4n) is 3.95. The van der Waals surface area contributed by atoms with Gasteiger partial charge in [0.15, 0.2) is 0 Å². The summed E-state index contributed by atoms with van der Waals surface area (Å²) in [7, 11) is 0. The van der Waals surface area contributed by atoms with Gasteiger partial charge < -0.3 is 10.6 Å². The number of carbonyl (C=O) groups excluding carboxylic acids is 2. The summed E-state index contributed by atoms with van der Waals surface area (Å²) in [5.74, 6) is -0.737. The van der Waals surface area contributed by atoms with Crippen molar-refractivity contribution in [2.45, 2.75) is 32.4 Å². The predicted molar refractivity (Wildman–Crippen MR) is 129 cm³/mol. The van der Waals surface area contributed by atoms with E-state index in [0.29, 0.717) is 23.1 Å². The minimum absolute atomic E-state index is 0.0467. The van der Waals surface area contributed by atoms with Crippen LogP contribution in [-0.4, -0.2) is 11.8 Å². The summed E-state index contributed by atoms with van der Waals surface area (Å²) in [6.45, 7) is 0.825. The summed E-state index contributed by atoms with van der Waals surface area (Å²) < 4.78 is 0. The van der Waals surface area contributed by atoms with Crippen molar-refractivity contribution in [2.75, 3.05) is 0 Å². The Balaban J connectivity index is 1.31. The first kappa shape index (κ1) is 22.3. The Morgan fingerprint density at radius 3 is 2.23 bits per heavy atom. The number of rotatable bonds is 7. The van der Waals surface area contributed by atoms with Crippen LogP contribution in [0.2, 0.25) is 10.0 Å². The Morgan fingerprint density at radius 2 is 1.58 bits per heavy atom. The fraction of sp³-hybridized carbons (Fsp3) is 0.304. The molecule has 2 aromatic heterocycles. The first-order valence-electron chi connectivity index (χ1n) is 10.1. The van der Waals surface area contributed by atoms with Crippen LogP contribution in [0.4, 0.5) is 0 Å². The summed E-state index contributed by atoms with van der Waals surface area (Å²) in [4.78, 5) is 29.1. The molecule has 3 aromatic rings. The van der Waals surface area contributed by atoms with Crippen LogP contribution in [0, 0.1) is 11.8 Å². The van der Waals surface area contributed by atoms with E-state index in [4.69, 9.17) is 23.2 Å². The monoisotopic (exact) mass is 492 g/mol. The Morgan fingerprint density at radius 1 is 0.903 bits per heavy atom. The first-order chi connectivity index (χ1) is 15.0. The van der Waals surface area contributed by atoms with Crippen molar-refractivity contribution in [3.05, 3.63) is 68.3 Å². The molecule has 162 valence electrons. The molecule has 0 saturated heterocycles. The SMILES string of the molecule is O=C(NCc1cc(Cl)cc(Cl)c1)[C@@H]1CCC[C@H]1C(=O)NCc1ccc(-c2cccs2)s1. The molecule has 1 aliphatic rings. The highest BCUT2D eigenvalue weighted by Gasteiger charge is 2.37. The Bertz CT molecular complexity index is 1050. The van der Waals surface area contributed by atoms with Gasteiger partial charge in [-0.1, -0.05) is 35.7 Å². The van der Waals surface area contributed by atoms with Crippen molar-refractivity contribution < 1.29 is 9.59 Å². The van der Waals surface area contributed by atoms with E-state index in [-0.39, 0.29) is 23.7 Å². The number of halogens is 2. The second kappa shape index (κ2) is 10.2. The van der Waals surface area contributed by atoms with Gasteiger partial charge in [-0.3, -0.25) is 9.59 Å². The van der Waals surface area contributed by atoms with Crippen LogP contribution in [0.5, 0.6) is 0 Å². The molecule has 0 bridgehead atoms. The summed E-state index contributed by atoms with van der Waals surface area (Å²) >= 11 is 15.4. The molecule has 0 radical (unpaired) electrons. The quantitative estimate of drug-likeness (QED) is 0.416. The lowest BCUT2D eigenvalue weighted by Crippen LogP contribution is -2.39. The van der Waals surface area contributed by atoms with Gasteiger partial charge >= 0.3 is 0 Å². The van der Waals surface area contributed by atoms with E-state index in [1.807, 2.05) is 6.07 Å². The average Bonchev–Trinajstić information content (AvgIpc) is 3.50. The molecule has 2 heterocycles. The van der Waals surface area contributed by atoms with Crippen molar-refractivity contribution in [1.82, 2.24) is 10.6 Å². The molecule has 0 aliphatic heterocycles. The molecule has 2 amide bonds. The molecule has 4 nitrogen and oxygen atoms in total. The lowest BCUT2D eigenvalue weighted by Gasteiger charge is -2.19. The number of amides is 2. The minimum atomic E-state index is -0.306. The molecule has 0 spiro atoms. The minimum Gasteiger partial charge on any atom is -0.352 e. The van der Waals surface area contributed by atoms with Crippen LogP contribution >= 0.6 is 45.9 Å². The highest BCUT2D eigenvalue weighted by Crippen LogP contribution is 2.33. The van der Waals surface area contributed by atoms with Crippen LogP contribution in [0.3, 0.4) is 0 Å². The van der Waals surface area contributed by atoms with Gasteiger partial charge in [-0.05, 0) is 60.2 Å². The third-order valence-corrected chi connectivity index (χ3v) is 8.03. The summed E-state index contributed by atoms with van der Waals surface area (Å²) in [5.41, 5.74) is 0.837. The fourth-order valence-corrected chi connectivity index (χ4v) is 6.30. The van der Waals surface area contributed by atoms with Crippen molar-refractivity contribution in [3.8, 4) is 9.75 Å². The van der Waals surface area contributed by atoms with Crippen molar-refractivity contribution in [2.24, 2.45) is 11.8 Å². The molecular weight excluding hydrogens is 471 g/mol. The van der Waals surface area contributed by atoms with E-state index >= 15 is 0 Å². The maximum absolute atomic E-state index is 12.8. The van der Waals surface area contributed by atoms with Crippen LogP contribution in [0.25, 0.3) is 9.75 Å². The van der Waals surface area contributed by atoms with Gasteiger partial charge in [0, 0.05) is 43.1 Å². The highest BCUT2D eigenvalue weighted by molar-refractivity contribution is 7.21. The lowest BCUT2D eigenvalue weighted by atomic mass is 9.94. The number of thiophene rings is 2. The third-order valence-electron chi connectivity index (χ3n) is 5.44. The van der Waals surface area contributed by atoms with Gasteiger partial charge in [0.2, 0.25) is 11.8 Å². The molecule has 0 unspecified atom stereocenters. The zero-order chi connectivity index (χ0) is 21.8. The molecule has 1 saturated carbocycles. The zero-order valence-corrected chi connectivity index (χ0v) is 19.8. The molecule has 2 atom stereocenters. The van der Waals surface area contributed by atoms with E-state index in [0.717, 1.165) is 29.7 Å². The van der Waals surface area contributed by atoms with E-state index < -0.39 is 0 Å². The number of benzene rings is 1. The molecule has 1 aliphatic carbocycles. The number of hydrogen-bond donors (Lipinski definition) is 2. The number of carbonyl (C=O) groups is 2. The van der Waals surface area contributed by atoms with Crippen LogP contribution in [-0.2, 0) is 22.7 Å². The van der Waals surface area contributed by atoms with Crippen LogP contribution in [0.1, 0.15) is 29.7 Å². The maximum atomic E-state index is 12.8. The Labute approximate surface area is 199 Å². The maximum Gasteiger partial charge on any atom is 0.224 e. The second-order valence-electron chi connectivity index (χ2n) is 7.60. The van der Waals surface area contributed by atoms with E-state index in [9.17, 15) is 9.59 Å². The van der Waals surface area contributed by atoms with E-state index in [1.165, 1.54) is 9.75 Å². The van der Waals surface area contributed by atoms with E-state index in [2.05, 4.69) is 34.2 Å². The van der Waals surface area contributed by atoms with Gasteiger partial charge in [0.1, 0.15) is 0 Å². The smallest absolute Gasteiger partial charge is 0.224 e. The first-order valence-corrected chi connectivity index (χ1v) is 12.6. The van der Waals surface area contributed by atoms with E-state index in [1.54, 1.807) is 40.9 Å². The van der Waals surface area contributed by atoms with Gasteiger partial charge in [-0.15, -0.1) is 22.7 Å². The van der Waals surface area contributed by atoms with Gasteiger partial charge in [-0.2, -0.15) is 0 Å². The van der Waals surface area contributed by atoms with Crippen LogP contribution in [0.15, 0.2) is 47.8 Å². The highest BCUT2D eigenvalue weighted by atomic mass is 35.5. The van der Waals surface area contributed by atoms with Crippen molar-refractivity contribution in [1.29, 1.82) is 0 Å². The Hall–Kier alpha value is -1.86. The largest absolute Gasteiger partial charge is 0.352 e. The van der Waals surface area contributed by atoms with Gasteiger partial charge in [0.05, 0.1) is 6.54 Å². The van der Waals surface area contributed by atoms with Crippen LogP contribution < -0.4 is 10.6 Å². The summed E-state index contributed by atoms with van der Waals surface area (Å²) in [5, 5.41) is 9.10. The standard InChI is InChI=1S/C23H22Cl2N2O2S2/c24-15-9-14(10-16(25)11-15)12-26-22(28)18-3-1-4-19(18)23(29)27-13-17-6-7-21(31-17)20-5-2-8-30-20/h2,5-11,18-19H,1,3-4,12-13H2,(H,26,28)(H,27,29)/t18-,19-/m1/s1. The lowest BCUT2D eigenvalue weighted by molar-refractivity contribution is -0.133. The molecule has 4 rings (SSSR count). The molecule has 1 aromatic carbocycles. The number of nitrogens with one attached hydrogen (secondary N) is 2. The van der Waals surface area contributed by atoms with Crippen molar-refractivity contribution in [3.63, 3.8) is 0 Å².